The lowest BCUT2D eigenvalue weighted by molar-refractivity contribution is -0.139. The Hall–Kier alpha value is -0.100. The van der Waals surface area contributed by atoms with Gasteiger partial charge in [0.25, 0.3) is 0 Å². The first-order valence-corrected chi connectivity index (χ1v) is 8.30. The molecule has 1 aromatic rings. The third kappa shape index (κ3) is 4.25. The molecular weight excluding hydrogens is 474 g/mol. The first kappa shape index (κ1) is 15.0. The van der Waals surface area contributed by atoms with Gasteiger partial charge < -0.3 is 9.84 Å². The Labute approximate surface area is 126 Å². The SMILES string of the molecule is CS(=O)(=O)c1cc(I)cc(I)c1OCC(=O)O. The molecule has 0 aliphatic carbocycles. The van der Waals surface area contributed by atoms with E-state index in [9.17, 15) is 13.2 Å². The second kappa shape index (κ2) is 5.69. The molecule has 5 nitrogen and oxygen atoms in total. The number of aliphatic carboxylic acids is 1. The maximum Gasteiger partial charge on any atom is 0.341 e. The van der Waals surface area contributed by atoms with Crippen molar-refractivity contribution in [1.29, 1.82) is 0 Å². The van der Waals surface area contributed by atoms with E-state index >= 15 is 0 Å². The van der Waals surface area contributed by atoms with E-state index in [1.807, 2.05) is 45.2 Å². The summed E-state index contributed by atoms with van der Waals surface area (Å²) in [7, 11) is -3.45. The molecule has 94 valence electrons. The normalized spacial score (nSPS) is 11.2. The molecule has 0 saturated heterocycles. The molecule has 0 bridgehead atoms. The van der Waals surface area contributed by atoms with E-state index in [2.05, 4.69) is 0 Å². The molecule has 0 amide bonds. The van der Waals surface area contributed by atoms with Crippen LogP contribution in [0.4, 0.5) is 0 Å². The Morgan fingerprint density at radius 2 is 2.00 bits per heavy atom. The molecule has 8 heteroatoms. The first-order valence-electron chi connectivity index (χ1n) is 4.25. The lowest BCUT2D eigenvalue weighted by Crippen LogP contribution is -2.13. The number of rotatable bonds is 4. The Morgan fingerprint density at radius 3 is 2.47 bits per heavy atom. The monoisotopic (exact) mass is 482 g/mol. The van der Waals surface area contributed by atoms with Crippen molar-refractivity contribution in [3.05, 3.63) is 19.3 Å². The number of sulfone groups is 1. The van der Waals surface area contributed by atoms with E-state index in [1.165, 1.54) is 6.07 Å². The highest BCUT2D eigenvalue weighted by Crippen LogP contribution is 2.31. The largest absolute Gasteiger partial charge is 0.479 e. The Bertz CT molecular complexity index is 553. The summed E-state index contributed by atoms with van der Waals surface area (Å²) < 4.78 is 29.5. The number of ether oxygens (including phenoxy) is 1. The predicted octanol–water partition coefficient (Wildman–Crippen LogP) is 1.76. The van der Waals surface area contributed by atoms with E-state index in [1.54, 1.807) is 6.07 Å². The maximum absolute atomic E-state index is 11.6. The molecule has 1 aromatic carbocycles. The van der Waals surface area contributed by atoms with Crippen molar-refractivity contribution in [2.45, 2.75) is 4.90 Å². The highest BCUT2D eigenvalue weighted by atomic mass is 127. The van der Waals surface area contributed by atoms with E-state index < -0.39 is 22.4 Å². The highest BCUT2D eigenvalue weighted by Gasteiger charge is 2.19. The first-order chi connectivity index (χ1) is 7.71. The van der Waals surface area contributed by atoms with E-state index in [0.29, 0.717) is 3.57 Å². The number of hydrogen-bond donors (Lipinski definition) is 1. The van der Waals surface area contributed by atoms with Crippen molar-refractivity contribution in [3.63, 3.8) is 0 Å². The van der Waals surface area contributed by atoms with Gasteiger partial charge in [-0.05, 0) is 57.3 Å². The van der Waals surface area contributed by atoms with Gasteiger partial charge in [-0.1, -0.05) is 0 Å². The smallest absolute Gasteiger partial charge is 0.341 e. The zero-order valence-electron chi connectivity index (χ0n) is 8.61. The molecule has 1 N–H and O–H groups in total. The summed E-state index contributed by atoms with van der Waals surface area (Å²) >= 11 is 3.90. The third-order valence-corrected chi connectivity index (χ3v) is 4.24. The number of carboxylic acid groups (broad SMARTS) is 1. The molecule has 0 atom stereocenters. The van der Waals surface area contributed by atoms with Gasteiger partial charge in [0.15, 0.2) is 22.2 Å². The summed E-state index contributed by atoms with van der Waals surface area (Å²) in [6.45, 7) is -0.570. The quantitative estimate of drug-likeness (QED) is 0.663. The molecule has 0 unspecified atom stereocenters. The van der Waals surface area contributed by atoms with Crippen molar-refractivity contribution in [2.75, 3.05) is 12.9 Å². The average Bonchev–Trinajstić information content (AvgIpc) is 2.13. The summed E-state index contributed by atoms with van der Waals surface area (Å²) in [5.41, 5.74) is 0. The molecule has 0 aromatic heterocycles. The summed E-state index contributed by atoms with van der Waals surface area (Å²) in [6.07, 6.45) is 1.06. The zero-order valence-corrected chi connectivity index (χ0v) is 13.7. The summed E-state index contributed by atoms with van der Waals surface area (Å²) in [4.78, 5) is 10.4. The minimum atomic E-state index is -3.45. The van der Waals surface area contributed by atoms with Crippen LogP contribution in [0.25, 0.3) is 0 Å². The van der Waals surface area contributed by atoms with Gasteiger partial charge in [0.2, 0.25) is 0 Å². The maximum atomic E-state index is 11.6. The number of carbonyl (C=O) groups is 1. The van der Waals surface area contributed by atoms with Crippen molar-refractivity contribution in [2.24, 2.45) is 0 Å². The molecule has 0 spiro atoms. The standard InChI is InChI=1S/C9H8I2O5S/c1-17(14,15)7-3-5(10)2-6(11)9(7)16-4-8(12)13/h2-3H,4H2,1H3,(H,12,13). The van der Waals surface area contributed by atoms with Gasteiger partial charge in [-0.3, -0.25) is 0 Å². The van der Waals surface area contributed by atoms with Gasteiger partial charge in [0, 0.05) is 9.83 Å². The van der Waals surface area contributed by atoms with Gasteiger partial charge in [-0.15, -0.1) is 0 Å². The van der Waals surface area contributed by atoms with Crippen LogP contribution in [0.15, 0.2) is 17.0 Å². The van der Waals surface area contributed by atoms with Crippen molar-refractivity contribution >= 4 is 61.0 Å². The van der Waals surface area contributed by atoms with Crippen LogP contribution in [-0.4, -0.2) is 32.4 Å². The van der Waals surface area contributed by atoms with Crippen LogP contribution in [0, 0.1) is 7.14 Å². The van der Waals surface area contributed by atoms with Crippen molar-refractivity contribution in [1.82, 2.24) is 0 Å². The van der Waals surface area contributed by atoms with Gasteiger partial charge in [0.05, 0.1) is 3.57 Å². The Morgan fingerprint density at radius 1 is 1.41 bits per heavy atom. The second-order valence-corrected chi connectivity index (χ2v) is 7.56. The summed E-state index contributed by atoms with van der Waals surface area (Å²) in [5, 5.41) is 8.54. The molecule has 17 heavy (non-hydrogen) atoms. The van der Waals surface area contributed by atoms with Crippen LogP contribution in [0.3, 0.4) is 0 Å². The lowest BCUT2D eigenvalue weighted by atomic mass is 10.3. The number of hydrogen-bond acceptors (Lipinski definition) is 4. The topological polar surface area (TPSA) is 80.7 Å². The second-order valence-electron chi connectivity index (χ2n) is 3.17. The van der Waals surface area contributed by atoms with Crippen molar-refractivity contribution < 1.29 is 23.1 Å². The molecule has 0 aliphatic heterocycles. The van der Waals surface area contributed by atoms with Gasteiger partial charge in [0.1, 0.15) is 4.90 Å². The predicted molar refractivity (Wildman–Crippen MR) is 78.1 cm³/mol. The molecule has 0 aliphatic rings. The average molecular weight is 482 g/mol. The molecule has 0 heterocycles. The fraction of sp³-hybridized carbons (Fsp3) is 0.222. The van der Waals surface area contributed by atoms with E-state index in [-0.39, 0.29) is 10.6 Å². The number of halogens is 2. The highest BCUT2D eigenvalue weighted by molar-refractivity contribution is 14.1. The Kier molecular flexibility index (Phi) is 5.01. The summed E-state index contributed by atoms with van der Waals surface area (Å²) in [6, 6.07) is 3.17. The van der Waals surface area contributed by atoms with Gasteiger partial charge in [-0.25, -0.2) is 13.2 Å². The molecule has 1 rings (SSSR count). The van der Waals surface area contributed by atoms with Crippen LogP contribution >= 0.6 is 45.2 Å². The minimum Gasteiger partial charge on any atom is -0.479 e. The van der Waals surface area contributed by atoms with Crippen LogP contribution in [0.5, 0.6) is 5.75 Å². The minimum absolute atomic E-state index is 0.00931. The number of carboxylic acids is 1. The Balaban J connectivity index is 3.31. The number of benzene rings is 1. The molecular formula is C9H8I2O5S. The van der Waals surface area contributed by atoms with Crippen LogP contribution in [-0.2, 0) is 14.6 Å². The lowest BCUT2D eigenvalue weighted by Gasteiger charge is -2.11. The molecule has 0 fully saturated rings. The molecule has 0 saturated carbocycles. The van der Waals surface area contributed by atoms with Gasteiger partial charge in [-0.2, -0.15) is 0 Å². The van der Waals surface area contributed by atoms with Crippen LogP contribution < -0.4 is 4.74 Å². The van der Waals surface area contributed by atoms with E-state index in [0.717, 1.165) is 9.83 Å². The van der Waals surface area contributed by atoms with Crippen LogP contribution in [0.1, 0.15) is 0 Å². The van der Waals surface area contributed by atoms with Crippen molar-refractivity contribution in [3.8, 4) is 5.75 Å². The fourth-order valence-corrected chi connectivity index (χ4v) is 4.33. The summed E-state index contributed by atoms with van der Waals surface area (Å²) in [5.74, 6) is -1.06. The molecule has 0 radical (unpaired) electrons. The third-order valence-electron chi connectivity index (χ3n) is 1.71. The van der Waals surface area contributed by atoms with E-state index in [4.69, 9.17) is 9.84 Å². The zero-order chi connectivity index (χ0) is 13.2. The van der Waals surface area contributed by atoms with Gasteiger partial charge >= 0.3 is 5.97 Å². The fourth-order valence-electron chi connectivity index (χ4n) is 1.09. The van der Waals surface area contributed by atoms with Crippen LogP contribution in [0.2, 0.25) is 0 Å².